The molecule has 3 aliphatic rings. The lowest BCUT2D eigenvalue weighted by atomic mass is 9.38. The van der Waals surface area contributed by atoms with Gasteiger partial charge < -0.3 is 20.4 Å². The molecule has 1 fully saturated rings. The number of phenols is 1. The summed E-state index contributed by atoms with van der Waals surface area (Å²) in [6.07, 6.45) is 0. The van der Waals surface area contributed by atoms with Gasteiger partial charge in [0.25, 0.3) is 0 Å². The first kappa shape index (κ1) is 30.7. The molecule has 4 N–H and O–H groups in total. The average Bonchev–Trinajstić information content (AvgIpc) is 2.82. The van der Waals surface area contributed by atoms with Crippen LogP contribution in [0.5, 0.6) is 5.75 Å². The van der Waals surface area contributed by atoms with Gasteiger partial charge in [-0.25, -0.2) is 0 Å². The molecule has 0 heterocycles. The van der Waals surface area contributed by atoms with Crippen molar-refractivity contribution in [1.29, 1.82) is 0 Å². The monoisotopic (exact) mass is 566 g/mol. The number of phenolic OH excluding ortho intramolecular Hbond substituents is 1. The van der Waals surface area contributed by atoms with Crippen molar-refractivity contribution in [1.82, 2.24) is 0 Å². The van der Waals surface area contributed by atoms with Crippen LogP contribution in [0.25, 0.3) is 5.76 Å². The van der Waals surface area contributed by atoms with Crippen molar-refractivity contribution in [2.24, 2.45) is 28.6 Å². The molecule has 1 aromatic rings. The quantitative estimate of drug-likeness (QED) is 0.277. The standard InChI is InChI=1S/C33H42O8/c1-13(2)23-26(37)21(16(5)35)28(39)33(41)29(40)24-27(38)22-20(14(3)31(24,10)17(6)32(23,33)11)18(15(4)34)12-19(25(22)36)30(7,8)9/h12-14,17,23,36,38-39,41H,1-11H3/t14-,17-,23?,31-,32-,33+/m1/s1. The van der Waals surface area contributed by atoms with Gasteiger partial charge in [0.2, 0.25) is 5.78 Å². The maximum Gasteiger partial charge on any atom is 0.203 e. The molecule has 3 aliphatic carbocycles. The van der Waals surface area contributed by atoms with E-state index in [1.54, 1.807) is 47.6 Å². The van der Waals surface area contributed by atoms with Crippen LogP contribution in [-0.2, 0) is 19.8 Å². The van der Waals surface area contributed by atoms with Crippen LogP contribution in [0.1, 0.15) is 109 Å². The normalized spacial score (nSPS) is 33.5. The first-order valence-corrected chi connectivity index (χ1v) is 14.2. The summed E-state index contributed by atoms with van der Waals surface area (Å²) >= 11 is 0. The molecule has 4 rings (SSSR count). The minimum atomic E-state index is -2.71. The molecular formula is C33H42O8. The molecule has 1 saturated carbocycles. The van der Waals surface area contributed by atoms with Crippen molar-refractivity contribution in [3.8, 4) is 5.75 Å². The molecule has 222 valence electrons. The molecule has 0 aliphatic heterocycles. The summed E-state index contributed by atoms with van der Waals surface area (Å²) in [5.41, 5.74) is -6.01. The van der Waals surface area contributed by atoms with Crippen LogP contribution >= 0.6 is 0 Å². The summed E-state index contributed by atoms with van der Waals surface area (Å²) in [6, 6.07) is 1.64. The lowest BCUT2D eigenvalue weighted by Gasteiger charge is -2.64. The number of carbonyl (C=O) groups is 4. The number of hydrogen-bond donors (Lipinski definition) is 4. The van der Waals surface area contributed by atoms with E-state index in [4.69, 9.17) is 0 Å². The number of carbonyl (C=O) groups excluding carboxylic acids is 4. The van der Waals surface area contributed by atoms with E-state index in [-0.39, 0.29) is 22.7 Å². The van der Waals surface area contributed by atoms with Gasteiger partial charge in [0, 0.05) is 33.4 Å². The maximum absolute atomic E-state index is 14.7. The summed E-state index contributed by atoms with van der Waals surface area (Å²) in [5.74, 6) is -7.47. The van der Waals surface area contributed by atoms with Crippen molar-refractivity contribution in [2.45, 2.75) is 93.1 Å². The summed E-state index contributed by atoms with van der Waals surface area (Å²) < 4.78 is 0. The Morgan fingerprint density at radius 2 is 1.51 bits per heavy atom. The Labute approximate surface area is 241 Å². The fourth-order valence-corrected chi connectivity index (χ4v) is 8.36. The summed E-state index contributed by atoms with van der Waals surface area (Å²) in [7, 11) is 0. The number of hydrogen-bond acceptors (Lipinski definition) is 8. The molecule has 8 nitrogen and oxygen atoms in total. The van der Waals surface area contributed by atoms with Crippen LogP contribution in [0.3, 0.4) is 0 Å². The second kappa shape index (κ2) is 8.87. The van der Waals surface area contributed by atoms with Crippen molar-refractivity contribution >= 4 is 28.9 Å². The predicted octanol–water partition coefficient (Wildman–Crippen LogP) is 5.50. The highest BCUT2D eigenvalue weighted by atomic mass is 16.3. The van der Waals surface area contributed by atoms with E-state index in [0.29, 0.717) is 16.7 Å². The summed E-state index contributed by atoms with van der Waals surface area (Å²) in [5, 5.41) is 47.3. The van der Waals surface area contributed by atoms with Crippen molar-refractivity contribution in [2.75, 3.05) is 0 Å². The van der Waals surface area contributed by atoms with Crippen LogP contribution in [0.4, 0.5) is 0 Å². The summed E-state index contributed by atoms with van der Waals surface area (Å²) in [4.78, 5) is 54.1. The number of rotatable bonds is 3. The zero-order valence-electron chi connectivity index (χ0n) is 25.8. The van der Waals surface area contributed by atoms with E-state index < -0.39 is 80.0 Å². The van der Waals surface area contributed by atoms with E-state index in [1.165, 1.54) is 6.92 Å². The van der Waals surface area contributed by atoms with Gasteiger partial charge in [0.15, 0.2) is 23.0 Å². The van der Waals surface area contributed by atoms with Crippen LogP contribution < -0.4 is 0 Å². The molecule has 0 saturated heterocycles. The number of aliphatic hydroxyl groups excluding tert-OH is 2. The van der Waals surface area contributed by atoms with Gasteiger partial charge in [0.1, 0.15) is 22.8 Å². The average molecular weight is 567 g/mol. The van der Waals surface area contributed by atoms with Gasteiger partial charge in [-0.3, -0.25) is 19.2 Å². The Morgan fingerprint density at radius 3 is 1.95 bits per heavy atom. The van der Waals surface area contributed by atoms with Crippen LogP contribution in [0.2, 0.25) is 0 Å². The van der Waals surface area contributed by atoms with Gasteiger partial charge >= 0.3 is 0 Å². The molecule has 0 aromatic heterocycles. The number of ketones is 4. The highest BCUT2D eigenvalue weighted by Gasteiger charge is 2.76. The van der Waals surface area contributed by atoms with Crippen molar-refractivity contribution in [3.05, 3.63) is 45.2 Å². The molecule has 41 heavy (non-hydrogen) atoms. The largest absolute Gasteiger partial charge is 0.508 e. The number of benzene rings is 1. The van der Waals surface area contributed by atoms with Crippen molar-refractivity contribution < 1.29 is 39.6 Å². The number of aliphatic hydroxyl groups is 3. The van der Waals surface area contributed by atoms with Crippen LogP contribution in [0.15, 0.2) is 23.0 Å². The fraction of sp³-hybridized carbons (Fsp3) is 0.576. The highest BCUT2D eigenvalue weighted by Crippen LogP contribution is 2.70. The number of aromatic hydroxyl groups is 1. The Kier molecular flexibility index (Phi) is 6.64. The smallest absolute Gasteiger partial charge is 0.203 e. The van der Waals surface area contributed by atoms with Gasteiger partial charge in [-0.2, -0.15) is 0 Å². The van der Waals surface area contributed by atoms with Gasteiger partial charge in [-0.05, 0) is 48.6 Å². The highest BCUT2D eigenvalue weighted by molar-refractivity contribution is 6.24. The van der Waals surface area contributed by atoms with Crippen LogP contribution in [0, 0.1) is 28.6 Å². The van der Waals surface area contributed by atoms with Gasteiger partial charge in [0.05, 0.1) is 5.56 Å². The third-order valence-corrected chi connectivity index (χ3v) is 10.8. The molecule has 6 atom stereocenters. The molecule has 0 bridgehead atoms. The SMILES string of the molecule is CC(=O)C1=C(O)[C@]2(O)C(=O)C3=C(O)c4c(O)c(C(C)(C)C)cc(C(C)=O)c4[C@@H](C)[C@]3(C)[C@@H](C)[C@]2(C)C(C(C)C)C1=O. The van der Waals surface area contributed by atoms with Gasteiger partial charge in [-0.1, -0.05) is 62.3 Å². The lowest BCUT2D eigenvalue weighted by molar-refractivity contribution is -0.195. The maximum atomic E-state index is 14.7. The van der Waals surface area contributed by atoms with E-state index in [1.807, 2.05) is 20.8 Å². The molecule has 0 amide bonds. The topological polar surface area (TPSA) is 149 Å². The Balaban J connectivity index is 2.24. The predicted molar refractivity (Wildman–Crippen MR) is 154 cm³/mol. The first-order valence-electron chi connectivity index (χ1n) is 14.2. The molecule has 8 heteroatoms. The Hall–Kier alpha value is -3.26. The zero-order chi connectivity index (χ0) is 31.5. The van der Waals surface area contributed by atoms with Crippen LogP contribution in [-0.4, -0.2) is 49.2 Å². The molecule has 0 spiro atoms. The molecule has 1 aromatic carbocycles. The number of Topliss-reactive ketones (excluding diaryl/α,β-unsaturated/α-hetero) is 4. The zero-order valence-corrected chi connectivity index (χ0v) is 25.8. The Bertz CT molecular complexity index is 1500. The molecule has 0 radical (unpaired) electrons. The second-order valence-electron chi connectivity index (χ2n) is 14.1. The second-order valence-corrected chi connectivity index (χ2v) is 14.1. The van der Waals surface area contributed by atoms with Crippen molar-refractivity contribution in [3.63, 3.8) is 0 Å². The van der Waals surface area contributed by atoms with E-state index in [9.17, 15) is 39.6 Å². The van der Waals surface area contributed by atoms with Gasteiger partial charge in [-0.15, -0.1) is 0 Å². The number of fused-ring (bicyclic) bond motifs is 3. The van der Waals surface area contributed by atoms with E-state index in [0.717, 1.165) is 6.92 Å². The summed E-state index contributed by atoms with van der Waals surface area (Å²) in [6.45, 7) is 18.5. The minimum absolute atomic E-state index is 0.0575. The third kappa shape index (κ3) is 3.43. The number of allylic oxidation sites excluding steroid dienone is 1. The van der Waals surface area contributed by atoms with E-state index in [2.05, 4.69) is 0 Å². The Morgan fingerprint density at radius 1 is 0.976 bits per heavy atom. The molecular weight excluding hydrogens is 524 g/mol. The third-order valence-electron chi connectivity index (χ3n) is 10.8. The molecule has 1 unspecified atom stereocenters. The minimum Gasteiger partial charge on any atom is -0.508 e. The first-order chi connectivity index (χ1) is 18.5. The van der Waals surface area contributed by atoms with E-state index >= 15 is 0 Å². The fourth-order valence-electron chi connectivity index (χ4n) is 8.36. The lowest BCUT2D eigenvalue weighted by Crippen LogP contribution is -2.73.